The second-order valence-electron chi connectivity index (χ2n) is 3.71. The highest BCUT2D eigenvalue weighted by molar-refractivity contribution is 6.43. The zero-order chi connectivity index (χ0) is 12.7. The average Bonchev–Trinajstić information content (AvgIpc) is 2.45. The number of rotatable bonds is 2. The average molecular weight is 272 g/mol. The van der Waals surface area contributed by atoms with Gasteiger partial charge in [-0.2, -0.15) is 0 Å². The Kier molecular flexibility index (Phi) is 2.93. The van der Waals surface area contributed by atoms with Crippen molar-refractivity contribution in [1.82, 2.24) is 4.90 Å². The first kappa shape index (κ1) is 12.1. The molecule has 6 heteroatoms. The summed E-state index contributed by atoms with van der Waals surface area (Å²) in [5.41, 5.74) is 0.372. The van der Waals surface area contributed by atoms with Crippen LogP contribution < -0.4 is 0 Å². The highest BCUT2D eigenvalue weighted by atomic mass is 35.5. The largest absolute Gasteiger partial charge is 0.298 e. The minimum atomic E-state index is -0.515. The maximum atomic E-state index is 11.9. The van der Waals surface area contributed by atoms with Crippen LogP contribution in [-0.4, -0.2) is 29.0 Å². The van der Waals surface area contributed by atoms with Crippen LogP contribution in [-0.2, 0) is 4.79 Å². The molecule has 0 radical (unpaired) electrons. The summed E-state index contributed by atoms with van der Waals surface area (Å²) < 4.78 is 0. The van der Waals surface area contributed by atoms with Gasteiger partial charge in [0.2, 0.25) is 0 Å². The van der Waals surface area contributed by atoms with Crippen molar-refractivity contribution in [2.24, 2.45) is 0 Å². The summed E-state index contributed by atoms with van der Waals surface area (Å²) in [6.07, 6.45) is 0. The summed E-state index contributed by atoms with van der Waals surface area (Å²) >= 11 is 11.6. The standard InChI is InChI=1S/C11H7Cl2NO3/c1-5(15)4-14-10(16)6-2-8(12)9(13)3-7(6)11(14)17/h2-3H,4H2,1H3. The number of hydrogen-bond acceptors (Lipinski definition) is 3. The van der Waals surface area contributed by atoms with Gasteiger partial charge in [0.1, 0.15) is 5.78 Å². The minimum Gasteiger partial charge on any atom is -0.298 e. The van der Waals surface area contributed by atoms with Gasteiger partial charge >= 0.3 is 0 Å². The van der Waals surface area contributed by atoms with Gasteiger partial charge in [0.15, 0.2) is 0 Å². The van der Waals surface area contributed by atoms with Crippen molar-refractivity contribution in [1.29, 1.82) is 0 Å². The molecule has 0 fully saturated rings. The lowest BCUT2D eigenvalue weighted by atomic mass is 10.1. The molecule has 1 aromatic carbocycles. The predicted octanol–water partition coefficient (Wildman–Crippen LogP) is 2.18. The lowest BCUT2D eigenvalue weighted by Gasteiger charge is -2.10. The van der Waals surface area contributed by atoms with Crippen molar-refractivity contribution >= 4 is 40.8 Å². The first-order valence-corrected chi connectivity index (χ1v) is 5.52. The predicted molar refractivity (Wildman–Crippen MR) is 62.5 cm³/mol. The van der Waals surface area contributed by atoms with E-state index in [0.717, 1.165) is 4.90 Å². The van der Waals surface area contributed by atoms with E-state index in [0.29, 0.717) is 0 Å². The molecule has 0 spiro atoms. The van der Waals surface area contributed by atoms with Gasteiger partial charge in [0.05, 0.1) is 27.7 Å². The van der Waals surface area contributed by atoms with E-state index in [2.05, 4.69) is 0 Å². The molecule has 1 aliphatic rings. The zero-order valence-corrected chi connectivity index (χ0v) is 10.3. The molecule has 0 unspecified atom stereocenters. The van der Waals surface area contributed by atoms with E-state index < -0.39 is 11.8 Å². The van der Waals surface area contributed by atoms with E-state index >= 15 is 0 Å². The number of ketones is 1. The van der Waals surface area contributed by atoms with Crippen LogP contribution in [0.2, 0.25) is 10.0 Å². The molecule has 0 saturated heterocycles. The van der Waals surface area contributed by atoms with Gasteiger partial charge in [-0.3, -0.25) is 19.3 Å². The number of carbonyl (C=O) groups is 3. The van der Waals surface area contributed by atoms with E-state index in [1.165, 1.54) is 19.1 Å². The summed E-state index contributed by atoms with van der Waals surface area (Å²) in [5, 5.41) is 0.410. The molecule has 1 aliphatic heterocycles. The van der Waals surface area contributed by atoms with Gasteiger partial charge in [0, 0.05) is 0 Å². The van der Waals surface area contributed by atoms with Gasteiger partial charge in [-0.05, 0) is 19.1 Å². The number of benzene rings is 1. The number of carbonyl (C=O) groups excluding carboxylic acids is 3. The number of Topliss-reactive ketones (excluding diaryl/α,β-unsaturated/α-hetero) is 1. The topological polar surface area (TPSA) is 54.5 Å². The fourth-order valence-corrected chi connectivity index (χ4v) is 1.98. The molecule has 0 N–H and O–H groups in total. The lowest BCUT2D eigenvalue weighted by Crippen LogP contribution is -2.33. The molecule has 1 aromatic rings. The molecule has 2 rings (SSSR count). The molecule has 1 heterocycles. The molecule has 0 bridgehead atoms. The maximum absolute atomic E-state index is 11.9. The summed E-state index contributed by atoms with van der Waals surface area (Å²) in [5.74, 6) is -1.30. The molecule has 88 valence electrons. The number of hydrogen-bond donors (Lipinski definition) is 0. The van der Waals surface area contributed by atoms with Crippen LogP contribution in [0.4, 0.5) is 0 Å². The Balaban J connectivity index is 2.49. The van der Waals surface area contributed by atoms with Crippen LogP contribution in [0.5, 0.6) is 0 Å². The normalized spacial score (nSPS) is 14.2. The fraction of sp³-hybridized carbons (Fsp3) is 0.182. The number of amides is 2. The second kappa shape index (κ2) is 4.13. The molecule has 0 aliphatic carbocycles. The van der Waals surface area contributed by atoms with Crippen LogP contribution >= 0.6 is 23.2 Å². The Morgan fingerprint density at radius 3 is 1.88 bits per heavy atom. The number of halogens is 2. The Bertz CT molecular complexity index is 513. The quantitative estimate of drug-likeness (QED) is 0.775. The Morgan fingerprint density at radius 2 is 1.53 bits per heavy atom. The summed E-state index contributed by atoms with van der Waals surface area (Å²) in [7, 11) is 0. The molecule has 0 aromatic heterocycles. The highest BCUT2D eigenvalue weighted by Gasteiger charge is 2.36. The molecule has 0 atom stereocenters. The Morgan fingerprint density at radius 1 is 1.12 bits per heavy atom. The van der Waals surface area contributed by atoms with Crippen LogP contribution in [0, 0.1) is 0 Å². The van der Waals surface area contributed by atoms with Crippen molar-refractivity contribution in [3.05, 3.63) is 33.3 Å². The maximum Gasteiger partial charge on any atom is 0.262 e. The first-order chi connectivity index (χ1) is 7.91. The SMILES string of the molecule is CC(=O)CN1C(=O)c2cc(Cl)c(Cl)cc2C1=O. The molecular formula is C11H7Cl2NO3. The number of nitrogens with zero attached hydrogens (tertiary/aromatic N) is 1. The molecular weight excluding hydrogens is 265 g/mol. The van der Waals surface area contributed by atoms with Gasteiger partial charge in [0.25, 0.3) is 11.8 Å². The summed E-state index contributed by atoms with van der Waals surface area (Å²) in [4.78, 5) is 35.6. The lowest BCUT2D eigenvalue weighted by molar-refractivity contribution is -0.117. The fourth-order valence-electron chi connectivity index (χ4n) is 1.65. The summed E-state index contributed by atoms with van der Waals surface area (Å²) in [6.45, 7) is 1.07. The molecule has 4 nitrogen and oxygen atoms in total. The van der Waals surface area contributed by atoms with Crippen LogP contribution in [0.3, 0.4) is 0 Å². The van der Waals surface area contributed by atoms with Gasteiger partial charge < -0.3 is 0 Å². The van der Waals surface area contributed by atoms with E-state index in [1.807, 2.05) is 0 Å². The monoisotopic (exact) mass is 271 g/mol. The van der Waals surface area contributed by atoms with Gasteiger partial charge in [-0.1, -0.05) is 23.2 Å². The second-order valence-corrected chi connectivity index (χ2v) is 4.52. The van der Waals surface area contributed by atoms with E-state index in [9.17, 15) is 14.4 Å². The van der Waals surface area contributed by atoms with E-state index in [-0.39, 0.29) is 33.5 Å². The number of imide groups is 1. The van der Waals surface area contributed by atoms with Crippen LogP contribution in [0.1, 0.15) is 27.6 Å². The third kappa shape index (κ3) is 1.94. The first-order valence-electron chi connectivity index (χ1n) is 4.76. The minimum absolute atomic E-state index is 0.186. The summed E-state index contributed by atoms with van der Waals surface area (Å²) in [6, 6.07) is 2.69. The molecule has 2 amide bonds. The Labute approximate surface area is 107 Å². The van der Waals surface area contributed by atoms with Crippen LogP contribution in [0.15, 0.2) is 12.1 Å². The van der Waals surface area contributed by atoms with Gasteiger partial charge in [-0.15, -0.1) is 0 Å². The van der Waals surface area contributed by atoms with Crippen molar-refractivity contribution in [2.75, 3.05) is 6.54 Å². The number of fused-ring (bicyclic) bond motifs is 1. The highest BCUT2D eigenvalue weighted by Crippen LogP contribution is 2.31. The van der Waals surface area contributed by atoms with Crippen molar-refractivity contribution in [2.45, 2.75) is 6.92 Å². The molecule has 17 heavy (non-hydrogen) atoms. The third-order valence-corrected chi connectivity index (χ3v) is 3.11. The van der Waals surface area contributed by atoms with Gasteiger partial charge in [-0.25, -0.2) is 0 Å². The Hall–Kier alpha value is -1.39. The third-order valence-electron chi connectivity index (χ3n) is 2.39. The molecule has 0 saturated carbocycles. The van der Waals surface area contributed by atoms with Crippen molar-refractivity contribution < 1.29 is 14.4 Å². The smallest absolute Gasteiger partial charge is 0.262 e. The van der Waals surface area contributed by atoms with E-state index in [1.54, 1.807) is 0 Å². The zero-order valence-electron chi connectivity index (χ0n) is 8.79. The van der Waals surface area contributed by atoms with Crippen molar-refractivity contribution in [3.8, 4) is 0 Å². The van der Waals surface area contributed by atoms with E-state index in [4.69, 9.17) is 23.2 Å². The van der Waals surface area contributed by atoms with Crippen molar-refractivity contribution in [3.63, 3.8) is 0 Å². The van der Waals surface area contributed by atoms with Crippen LogP contribution in [0.25, 0.3) is 0 Å².